The molecule has 0 saturated carbocycles. The summed E-state index contributed by atoms with van der Waals surface area (Å²) in [5, 5.41) is 11.3. The molecule has 1 aromatic carbocycles. The summed E-state index contributed by atoms with van der Waals surface area (Å²) >= 11 is 3.49. The van der Waals surface area contributed by atoms with Gasteiger partial charge in [-0.15, -0.1) is 0 Å². The van der Waals surface area contributed by atoms with E-state index in [1.165, 1.54) is 12.5 Å². The summed E-state index contributed by atoms with van der Waals surface area (Å²) in [5.74, 6) is -0.335. The number of benzene rings is 1. The van der Waals surface area contributed by atoms with Crippen molar-refractivity contribution in [2.75, 3.05) is 31.1 Å². The molecule has 0 saturated heterocycles. The van der Waals surface area contributed by atoms with Crippen LogP contribution in [-0.2, 0) is 10.4 Å². The average molecular weight is 393 g/mol. The van der Waals surface area contributed by atoms with Gasteiger partial charge in [0.2, 0.25) is 5.60 Å². The molecule has 24 heavy (non-hydrogen) atoms. The molecule has 2 aromatic rings. The third-order valence-electron chi connectivity index (χ3n) is 4.67. The highest BCUT2D eigenvalue weighted by Gasteiger charge is 2.52. The van der Waals surface area contributed by atoms with Gasteiger partial charge in [0.25, 0.3) is 5.91 Å². The molecule has 3 rings (SSSR count). The Morgan fingerprint density at radius 1 is 1.29 bits per heavy atom. The number of rotatable bonds is 6. The maximum absolute atomic E-state index is 13.1. The van der Waals surface area contributed by atoms with Crippen LogP contribution in [0, 0.1) is 0 Å². The fourth-order valence-corrected chi connectivity index (χ4v) is 3.89. The van der Waals surface area contributed by atoms with Crippen molar-refractivity contribution < 1.29 is 14.3 Å². The predicted octanol–water partition coefficient (Wildman–Crippen LogP) is 2.97. The van der Waals surface area contributed by atoms with E-state index in [0.29, 0.717) is 22.1 Å². The van der Waals surface area contributed by atoms with Crippen LogP contribution >= 0.6 is 15.9 Å². The van der Waals surface area contributed by atoms with Gasteiger partial charge >= 0.3 is 0 Å². The van der Waals surface area contributed by atoms with E-state index in [0.717, 1.165) is 25.3 Å². The molecular formula is C18H21BrN2O3. The van der Waals surface area contributed by atoms with Crippen molar-refractivity contribution in [2.45, 2.75) is 19.4 Å². The van der Waals surface area contributed by atoms with Crippen molar-refractivity contribution in [1.29, 1.82) is 0 Å². The topological polar surface area (TPSA) is 56.9 Å². The number of carbonyl (C=O) groups excluding carboxylic acids is 1. The highest BCUT2D eigenvalue weighted by atomic mass is 79.9. The summed E-state index contributed by atoms with van der Waals surface area (Å²) in [7, 11) is 0. The number of hydrogen-bond acceptors (Lipinski definition) is 4. The molecular weight excluding hydrogens is 372 g/mol. The van der Waals surface area contributed by atoms with E-state index in [-0.39, 0.29) is 5.91 Å². The molecule has 0 radical (unpaired) electrons. The minimum Gasteiger partial charge on any atom is -0.472 e. The maximum atomic E-state index is 13.1. The second kappa shape index (κ2) is 6.70. The number of furan rings is 1. The first kappa shape index (κ1) is 17.2. The van der Waals surface area contributed by atoms with Gasteiger partial charge in [0, 0.05) is 28.7 Å². The van der Waals surface area contributed by atoms with Crippen LogP contribution in [0.15, 0.2) is 45.7 Å². The van der Waals surface area contributed by atoms with Crippen LogP contribution in [0.5, 0.6) is 0 Å². The number of nitrogens with zero attached hydrogens (tertiary/aromatic N) is 2. The summed E-state index contributed by atoms with van der Waals surface area (Å²) in [6.07, 6.45) is 2.89. The lowest BCUT2D eigenvalue weighted by molar-refractivity contribution is -0.132. The molecule has 0 fully saturated rings. The summed E-state index contributed by atoms with van der Waals surface area (Å²) in [5.41, 5.74) is 0.0539. The molecule has 128 valence electrons. The second-order valence-corrected chi connectivity index (χ2v) is 6.69. The molecule has 2 heterocycles. The quantitative estimate of drug-likeness (QED) is 0.820. The number of amides is 1. The largest absolute Gasteiger partial charge is 0.472 e. The first-order valence-corrected chi connectivity index (χ1v) is 8.91. The number of anilines is 1. The molecule has 1 aliphatic rings. The van der Waals surface area contributed by atoms with Gasteiger partial charge in [0.1, 0.15) is 0 Å². The first-order chi connectivity index (χ1) is 11.5. The summed E-state index contributed by atoms with van der Waals surface area (Å²) in [6.45, 7) is 7.34. The molecule has 1 aromatic heterocycles. The normalized spacial score (nSPS) is 20.0. The van der Waals surface area contributed by atoms with E-state index in [9.17, 15) is 9.90 Å². The van der Waals surface area contributed by atoms with E-state index in [4.69, 9.17) is 4.42 Å². The van der Waals surface area contributed by atoms with Gasteiger partial charge in [-0.1, -0.05) is 35.8 Å². The smallest absolute Gasteiger partial charge is 0.268 e. The lowest BCUT2D eigenvalue weighted by Crippen LogP contribution is -2.44. The Kier molecular flexibility index (Phi) is 4.80. The third-order valence-corrected chi connectivity index (χ3v) is 5.33. The predicted molar refractivity (Wildman–Crippen MR) is 96.0 cm³/mol. The summed E-state index contributed by atoms with van der Waals surface area (Å²) < 4.78 is 5.82. The van der Waals surface area contributed by atoms with Gasteiger partial charge in [-0.3, -0.25) is 4.79 Å². The summed E-state index contributed by atoms with van der Waals surface area (Å²) in [4.78, 5) is 17.0. The van der Waals surface area contributed by atoms with E-state index in [1.807, 2.05) is 18.2 Å². The van der Waals surface area contributed by atoms with Gasteiger partial charge in [0.15, 0.2) is 0 Å². The Bertz CT molecular complexity index is 728. The Balaban J connectivity index is 2.02. The fraction of sp³-hybridized carbons (Fsp3) is 0.389. The van der Waals surface area contributed by atoms with Crippen LogP contribution < -0.4 is 4.90 Å². The molecule has 5 nitrogen and oxygen atoms in total. The molecule has 1 amide bonds. The van der Waals surface area contributed by atoms with Crippen LogP contribution in [0.2, 0.25) is 0 Å². The minimum absolute atomic E-state index is 0.335. The second-order valence-electron chi connectivity index (χ2n) is 5.84. The van der Waals surface area contributed by atoms with Crippen LogP contribution in [0.25, 0.3) is 0 Å². The summed E-state index contributed by atoms with van der Waals surface area (Å²) in [6, 6.07) is 7.22. The fourth-order valence-electron chi connectivity index (χ4n) is 3.25. The Hall–Kier alpha value is -1.63. The molecule has 1 unspecified atom stereocenters. The Labute approximate surface area is 150 Å². The zero-order chi connectivity index (χ0) is 17.3. The average Bonchev–Trinajstić information content (AvgIpc) is 3.18. The minimum atomic E-state index is -1.72. The molecule has 1 atom stereocenters. The zero-order valence-corrected chi connectivity index (χ0v) is 15.4. The van der Waals surface area contributed by atoms with Crippen molar-refractivity contribution in [3.8, 4) is 0 Å². The Morgan fingerprint density at radius 3 is 2.67 bits per heavy atom. The highest BCUT2D eigenvalue weighted by Crippen LogP contribution is 2.47. The van der Waals surface area contributed by atoms with Crippen LogP contribution in [-0.4, -0.2) is 42.1 Å². The SMILES string of the molecule is CCN(CC)CCN1C(=O)C(O)(c2ccoc2)c2c(Br)cccc21. The van der Waals surface area contributed by atoms with Gasteiger partial charge in [0.05, 0.1) is 18.2 Å². The maximum Gasteiger partial charge on any atom is 0.268 e. The van der Waals surface area contributed by atoms with E-state index < -0.39 is 5.60 Å². The number of aliphatic hydroxyl groups is 1. The standard InChI is InChI=1S/C18H21BrN2O3/c1-3-20(4-2)9-10-21-15-7-5-6-14(19)16(15)18(23,17(21)22)13-8-11-24-12-13/h5-8,11-12,23H,3-4,9-10H2,1-2H3. The monoisotopic (exact) mass is 392 g/mol. The number of fused-ring (bicyclic) bond motifs is 1. The van der Waals surface area contributed by atoms with Crippen LogP contribution in [0.3, 0.4) is 0 Å². The van der Waals surface area contributed by atoms with E-state index in [1.54, 1.807) is 11.0 Å². The van der Waals surface area contributed by atoms with Crippen LogP contribution in [0.4, 0.5) is 5.69 Å². The van der Waals surface area contributed by atoms with Crippen LogP contribution in [0.1, 0.15) is 25.0 Å². The van der Waals surface area contributed by atoms with E-state index >= 15 is 0 Å². The van der Waals surface area contributed by atoms with Crippen molar-refractivity contribution >= 4 is 27.5 Å². The van der Waals surface area contributed by atoms with Gasteiger partial charge in [-0.2, -0.15) is 0 Å². The molecule has 0 aliphatic carbocycles. The first-order valence-electron chi connectivity index (χ1n) is 8.12. The van der Waals surface area contributed by atoms with E-state index in [2.05, 4.69) is 34.7 Å². The van der Waals surface area contributed by atoms with Gasteiger partial charge in [-0.05, 0) is 31.3 Å². The van der Waals surface area contributed by atoms with Crippen molar-refractivity contribution in [3.63, 3.8) is 0 Å². The molecule has 0 bridgehead atoms. The molecule has 6 heteroatoms. The highest BCUT2D eigenvalue weighted by molar-refractivity contribution is 9.10. The number of hydrogen-bond donors (Lipinski definition) is 1. The molecule has 0 spiro atoms. The number of likely N-dealkylation sites (N-methyl/N-ethyl adjacent to an activating group) is 1. The molecule has 1 N–H and O–H groups in total. The Morgan fingerprint density at radius 2 is 2.04 bits per heavy atom. The van der Waals surface area contributed by atoms with Crippen molar-refractivity contribution in [2.24, 2.45) is 0 Å². The number of carbonyl (C=O) groups is 1. The lowest BCUT2D eigenvalue weighted by atomic mass is 9.89. The number of halogens is 1. The zero-order valence-electron chi connectivity index (χ0n) is 13.8. The van der Waals surface area contributed by atoms with Crippen molar-refractivity contribution in [1.82, 2.24) is 4.90 Å². The molecule has 1 aliphatic heterocycles. The third kappa shape index (κ3) is 2.59. The lowest BCUT2D eigenvalue weighted by Gasteiger charge is -2.25. The van der Waals surface area contributed by atoms with Crippen molar-refractivity contribution in [3.05, 3.63) is 52.4 Å². The van der Waals surface area contributed by atoms with Gasteiger partial charge in [-0.25, -0.2) is 0 Å². The van der Waals surface area contributed by atoms with Gasteiger partial charge < -0.3 is 19.3 Å².